The molecule has 2 heteroatoms. The van der Waals surface area contributed by atoms with Gasteiger partial charge in [-0.3, -0.25) is 0 Å². The molecule has 0 aliphatic carbocycles. The summed E-state index contributed by atoms with van der Waals surface area (Å²) in [4.78, 5) is 2.51. The number of hydrogen-bond donors (Lipinski definition) is 0. The van der Waals surface area contributed by atoms with Gasteiger partial charge in [0.2, 0.25) is 0 Å². The van der Waals surface area contributed by atoms with Crippen LogP contribution in [0.15, 0.2) is 0 Å². The second-order valence-corrected chi connectivity index (χ2v) is 3.94. The average molecular weight is 185 g/mol. The predicted molar refractivity (Wildman–Crippen MR) is 56.0 cm³/mol. The fourth-order valence-corrected chi connectivity index (χ4v) is 1.85. The molecular weight excluding hydrogens is 162 g/mol. The number of ether oxygens (including phenoxy) is 1. The molecule has 0 amide bonds. The molecule has 1 saturated heterocycles. The lowest BCUT2D eigenvalue weighted by molar-refractivity contribution is 0.0572. The zero-order valence-corrected chi connectivity index (χ0v) is 9.09. The van der Waals surface area contributed by atoms with Gasteiger partial charge in [-0.15, -0.1) is 0 Å². The molecule has 1 atom stereocenters. The fraction of sp³-hybridized carbons (Fsp3) is 1.00. The minimum atomic E-state index is 0.526. The maximum Gasteiger partial charge on any atom is 0.0714 e. The zero-order chi connectivity index (χ0) is 9.52. The second kappa shape index (κ2) is 6.39. The van der Waals surface area contributed by atoms with Gasteiger partial charge in [0.1, 0.15) is 0 Å². The van der Waals surface area contributed by atoms with E-state index in [4.69, 9.17) is 4.74 Å². The molecule has 0 aromatic heterocycles. The smallest absolute Gasteiger partial charge is 0.0714 e. The summed E-state index contributed by atoms with van der Waals surface area (Å²) in [5, 5.41) is 0. The summed E-state index contributed by atoms with van der Waals surface area (Å²) in [5.41, 5.74) is 0. The van der Waals surface area contributed by atoms with Crippen molar-refractivity contribution in [2.75, 3.05) is 26.2 Å². The number of hydrogen-bond acceptors (Lipinski definition) is 2. The third kappa shape index (κ3) is 4.10. The standard InChI is InChI=1S/C11H23NO/c1-3-5-9-13-11-6-8-12(10-11)7-4-2/h11H,3-10H2,1-2H3/t11-/m1/s1. The summed E-state index contributed by atoms with van der Waals surface area (Å²) in [6.07, 6.45) is 5.49. The fourth-order valence-electron chi connectivity index (χ4n) is 1.85. The van der Waals surface area contributed by atoms with E-state index in [1.54, 1.807) is 0 Å². The highest BCUT2D eigenvalue weighted by Gasteiger charge is 2.21. The first kappa shape index (κ1) is 11.0. The van der Waals surface area contributed by atoms with E-state index in [-0.39, 0.29) is 0 Å². The van der Waals surface area contributed by atoms with Crippen LogP contribution in [-0.4, -0.2) is 37.2 Å². The van der Waals surface area contributed by atoms with Gasteiger partial charge in [-0.05, 0) is 25.8 Å². The first-order valence-electron chi connectivity index (χ1n) is 5.70. The van der Waals surface area contributed by atoms with Crippen LogP contribution in [0, 0.1) is 0 Å². The first-order valence-corrected chi connectivity index (χ1v) is 5.70. The minimum absolute atomic E-state index is 0.526. The molecule has 0 aromatic carbocycles. The average Bonchev–Trinajstić information content (AvgIpc) is 2.54. The van der Waals surface area contributed by atoms with Crippen molar-refractivity contribution in [2.24, 2.45) is 0 Å². The van der Waals surface area contributed by atoms with Crippen LogP contribution in [0.4, 0.5) is 0 Å². The van der Waals surface area contributed by atoms with Crippen LogP contribution in [0.1, 0.15) is 39.5 Å². The summed E-state index contributed by atoms with van der Waals surface area (Å²) < 4.78 is 5.78. The van der Waals surface area contributed by atoms with Crippen molar-refractivity contribution >= 4 is 0 Å². The second-order valence-electron chi connectivity index (χ2n) is 3.94. The Bertz CT molecular complexity index is 127. The van der Waals surface area contributed by atoms with Gasteiger partial charge in [0.05, 0.1) is 6.10 Å². The molecule has 0 bridgehead atoms. The molecule has 0 N–H and O–H groups in total. The molecule has 78 valence electrons. The molecule has 1 heterocycles. The van der Waals surface area contributed by atoms with Crippen molar-refractivity contribution in [3.63, 3.8) is 0 Å². The van der Waals surface area contributed by atoms with Crippen molar-refractivity contribution in [1.29, 1.82) is 0 Å². The Morgan fingerprint density at radius 3 is 2.85 bits per heavy atom. The molecule has 1 aliphatic heterocycles. The van der Waals surface area contributed by atoms with Crippen LogP contribution in [0.5, 0.6) is 0 Å². The van der Waals surface area contributed by atoms with Gasteiger partial charge in [0, 0.05) is 19.7 Å². The van der Waals surface area contributed by atoms with Crippen LogP contribution < -0.4 is 0 Å². The summed E-state index contributed by atoms with van der Waals surface area (Å²) in [7, 11) is 0. The van der Waals surface area contributed by atoms with Crippen molar-refractivity contribution in [3.05, 3.63) is 0 Å². The van der Waals surface area contributed by atoms with Crippen LogP contribution in [0.25, 0.3) is 0 Å². The highest BCUT2D eigenvalue weighted by Crippen LogP contribution is 2.13. The highest BCUT2D eigenvalue weighted by molar-refractivity contribution is 4.75. The molecule has 0 spiro atoms. The van der Waals surface area contributed by atoms with Crippen molar-refractivity contribution in [1.82, 2.24) is 4.90 Å². The SMILES string of the molecule is CCCCO[C@@H]1CCN(CCC)C1. The third-order valence-corrected chi connectivity index (χ3v) is 2.62. The predicted octanol–water partition coefficient (Wildman–Crippen LogP) is 2.29. The van der Waals surface area contributed by atoms with E-state index < -0.39 is 0 Å². The van der Waals surface area contributed by atoms with E-state index in [0.717, 1.165) is 13.2 Å². The largest absolute Gasteiger partial charge is 0.377 e. The Labute approximate surface area is 82.3 Å². The lowest BCUT2D eigenvalue weighted by Gasteiger charge is -2.14. The number of likely N-dealkylation sites (tertiary alicyclic amines) is 1. The molecule has 1 rings (SSSR count). The van der Waals surface area contributed by atoms with Gasteiger partial charge in [-0.25, -0.2) is 0 Å². The molecule has 1 aliphatic rings. The van der Waals surface area contributed by atoms with Gasteiger partial charge in [-0.2, -0.15) is 0 Å². The van der Waals surface area contributed by atoms with E-state index in [2.05, 4.69) is 18.7 Å². The van der Waals surface area contributed by atoms with E-state index in [0.29, 0.717) is 6.10 Å². The summed E-state index contributed by atoms with van der Waals surface area (Å²) in [6, 6.07) is 0. The van der Waals surface area contributed by atoms with Gasteiger partial charge in [0.25, 0.3) is 0 Å². The van der Waals surface area contributed by atoms with Crippen molar-refractivity contribution < 1.29 is 4.74 Å². The van der Waals surface area contributed by atoms with Crippen LogP contribution in [0.3, 0.4) is 0 Å². The van der Waals surface area contributed by atoms with E-state index in [1.807, 2.05) is 0 Å². The van der Waals surface area contributed by atoms with E-state index >= 15 is 0 Å². The number of unbranched alkanes of at least 4 members (excludes halogenated alkanes) is 1. The highest BCUT2D eigenvalue weighted by atomic mass is 16.5. The quantitative estimate of drug-likeness (QED) is 0.589. The molecule has 0 unspecified atom stereocenters. The van der Waals surface area contributed by atoms with E-state index in [9.17, 15) is 0 Å². The monoisotopic (exact) mass is 185 g/mol. The van der Waals surface area contributed by atoms with Gasteiger partial charge in [-0.1, -0.05) is 20.3 Å². The summed E-state index contributed by atoms with van der Waals surface area (Å²) in [6.45, 7) is 9.06. The topological polar surface area (TPSA) is 12.5 Å². The molecule has 2 nitrogen and oxygen atoms in total. The maximum atomic E-state index is 5.78. The third-order valence-electron chi connectivity index (χ3n) is 2.62. The lowest BCUT2D eigenvalue weighted by Crippen LogP contribution is -2.24. The summed E-state index contributed by atoms with van der Waals surface area (Å²) in [5.74, 6) is 0. The molecule has 0 radical (unpaired) electrons. The van der Waals surface area contributed by atoms with Gasteiger partial charge in [0.15, 0.2) is 0 Å². The normalized spacial score (nSPS) is 24.0. The maximum absolute atomic E-state index is 5.78. The molecule has 0 aromatic rings. The van der Waals surface area contributed by atoms with Gasteiger partial charge < -0.3 is 9.64 Å². The first-order chi connectivity index (χ1) is 6.36. The molecule has 13 heavy (non-hydrogen) atoms. The van der Waals surface area contributed by atoms with Crippen LogP contribution >= 0.6 is 0 Å². The Morgan fingerprint density at radius 1 is 1.31 bits per heavy atom. The molecule has 1 fully saturated rings. The van der Waals surface area contributed by atoms with Crippen molar-refractivity contribution in [2.45, 2.75) is 45.6 Å². The van der Waals surface area contributed by atoms with Gasteiger partial charge >= 0.3 is 0 Å². The number of rotatable bonds is 6. The van der Waals surface area contributed by atoms with Crippen molar-refractivity contribution in [3.8, 4) is 0 Å². The number of nitrogens with zero attached hydrogens (tertiary/aromatic N) is 1. The molecular formula is C11H23NO. The van der Waals surface area contributed by atoms with Crippen LogP contribution in [0.2, 0.25) is 0 Å². The molecule has 0 saturated carbocycles. The zero-order valence-electron chi connectivity index (χ0n) is 9.09. The minimum Gasteiger partial charge on any atom is -0.377 e. The van der Waals surface area contributed by atoms with Crippen LogP contribution in [-0.2, 0) is 4.74 Å². The summed E-state index contributed by atoms with van der Waals surface area (Å²) >= 11 is 0. The lowest BCUT2D eigenvalue weighted by atomic mass is 10.3. The Kier molecular flexibility index (Phi) is 5.40. The van der Waals surface area contributed by atoms with E-state index in [1.165, 1.54) is 38.8 Å². The Morgan fingerprint density at radius 2 is 2.15 bits per heavy atom. The Hall–Kier alpha value is -0.0800. The Balaban J connectivity index is 2.03.